The maximum absolute atomic E-state index is 12.3. The van der Waals surface area contributed by atoms with Crippen LogP contribution in [0.5, 0.6) is 11.5 Å². The number of thiazole rings is 1. The Hall–Kier alpha value is -2.09. The number of hydrogen-bond donors (Lipinski definition) is 1. The number of thiophene rings is 1. The Balaban J connectivity index is 1.37. The molecule has 3 heterocycles. The van der Waals surface area contributed by atoms with Crippen molar-refractivity contribution >= 4 is 40.2 Å². The van der Waals surface area contributed by atoms with Crippen molar-refractivity contribution in [2.45, 2.75) is 19.4 Å². The van der Waals surface area contributed by atoms with E-state index in [1.54, 1.807) is 28.7 Å². The fraction of sp³-hybridized carbons (Fsp3) is 0.263. The van der Waals surface area contributed by atoms with Crippen molar-refractivity contribution < 1.29 is 14.3 Å². The molecule has 4 rings (SSSR count). The van der Waals surface area contributed by atoms with Crippen LogP contribution in [-0.4, -0.2) is 24.1 Å². The molecule has 0 saturated heterocycles. The summed E-state index contributed by atoms with van der Waals surface area (Å²) in [7, 11) is 0. The predicted molar refractivity (Wildman–Crippen MR) is 108 cm³/mol. The van der Waals surface area contributed by atoms with Gasteiger partial charge in [-0.2, -0.15) is 0 Å². The maximum Gasteiger partial charge on any atom is 0.226 e. The highest BCUT2D eigenvalue weighted by Crippen LogP contribution is 2.38. The maximum atomic E-state index is 12.3. The minimum atomic E-state index is -0.0822. The summed E-state index contributed by atoms with van der Waals surface area (Å²) in [6, 6.07) is 7.69. The number of benzene rings is 1. The van der Waals surface area contributed by atoms with Crippen LogP contribution in [0.1, 0.15) is 17.7 Å². The normalized spacial score (nSPS) is 13.2. The van der Waals surface area contributed by atoms with E-state index >= 15 is 0 Å². The van der Waals surface area contributed by atoms with Crippen LogP contribution in [-0.2, 0) is 17.8 Å². The summed E-state index contributed by atoms with van der Waals surface area (Å²) in [5.74, 6) is 1.12. The number of hydrogen-bond acceptors (Lipinski definition) is 6. The molecule has 0 fully saturated rings. The first-order chi connectivity index (χ1) is 13.2. The number of rotatable bonds is 5. The third-order valence-corrected chi connectivity index (χ3v) is 6.19. The van der Waals surface area contributed by atoms with Crippen molar-refractivity contribution in [2.75, 3.05) is 13.2 Å². The first kappa shape index (κ1) is 18.3. The number of nitrogens with zero attached hydrogens (tertiary/aromatic N) is 1. The van der Waals surface area contributed by atoms with Crippen molar-refractivity contribution in [2.24, 2.45) is 0 Å². The Morgan fingerprint density at radius 1 is 1.26 bits per heavy atom. The van der Waals surface area contributed by atoms with Gasteiger partial charge in [-0.1, -0.05) is 17.7 Å². The van der Waals surface area contributed by atoms with Crippen LogP contribution in [0.4, 0.5) is 0 Å². The molecule has 8 heteroatoms. The Morgan fingerprint density at radius 2 is 2.15 bits per heavy atom. The fourth-order valence-electron chi connectivity index (χ4n) is 2.72. The van der Waals surface area contributed by atoms with Gasteiger partial charge in [-0.05, 0) is 29.1 Å². The summed E-state index contributed by atoms with van der Waals surface area (Å²) in [5, 5.41) is 8.31. The summed E-state index contributed by atoms with van der Waals surface area (Å²) in [4.78, 5) is 17.9. The molecule has 140 valence electrons. The molecule has 0 aliphatic carbocycles. The smallest absolute Gasteiger partial charge is 0.226 e. The Kier molecular flexibility index (Phi) is 5.61. The Morgan fingerprint density at radius 3 is 3.00 bits per heavy atom. The van der Waals surface area contributed by atoms with Crippen molar-refractivity contribution in [1.29, 1.82) is 0 Å². The minimum Gasteiger partial charge on any atom is -0.489 e. The summed E-state index contributed by atoms with van der Waals surface area (Å²) >= 11 is 9.49. The number of carbonyl (C=O) groups excluding carboxylic acids is 1. The van der Waals surface area contributed by atoms with Crippen molar-refractivity contribution in [1.82, 2.24) is 10.3 Å². The van der Waals surface area contributed by atoms with Crippen LogP contribution in [0, 0.1) is 0 Å². The molecule has 27 heavy (non-hydrogen) atoms. The lowest BCUT2D eigenvalue weighted by atomic mass is 10.2. The predicted octanol–water partition coefficient (Wildman–Crippen LogP) is 4.55. The topological polar surface area (TPSA) is 60.5 Å². The molecule has 2 aromatic heterocycles. The Bertz CT molecular complexity index is 941. The molecule has 5 nitrogen and oxygen atoms in total. The average molecular weight is 421 g/mol. The van der Waals surface area contributed by atoms with Crippen LogP contribution in [0.3, 0.4) is 0 Å². The quantitative estimate of drug-likeness (QED) is 0.658. The molecular weight excluding hydrogens is 404 g/mol. The molecule has 1 aliphatic heterocycles. The highest BCUT2D eigenvalue weighted by molar-refractivity contribution is 7.20. The fourth-order valence-corrected chi connectivity index (χ4v) is 4.64. The molecule has 0 radical (unpaired) electrons. The van der Waals surface area contributed by atoms with E-state index in [0.717, 1.165) is 27.6 Å². The molecule has 0 bridgehead atoms. The van der Waals surface area contributed by atoms with E-state index in [9.17, 15) is 4.79 Å². The van der Waals surface area contributed by atoms with Gasteiger partial charge < -0.3 is 14.8 Å². The third-order valence-electron chi connectivity index (χ3n) is 3.98. The zero-order chi connectivity index (χ0) is 18.6. The minimum absolute atomic E-state index is 0.0822. The summed E-state index contributed by atoms with van der Waals surface area (Å²) in [5.41, 5.74) is 1.65. The molecule has 0 atom stereocenters. The van der Waals surface area contributed by atoms with Crippen molar-refractivity contribution in [3.63, 3.8) is 0 Å². The van der Waals surface area contributed by atoms with Crippen LogP contribution < -0.4 is 14.8 Å². The number of fused-ring (bicyclic) bond motifs is 1. The van der Waals surface area contributed by atoms with E-state index in [-0.39, 0.29) is 12.3 Å². The van der Waals surface area contributed by atoms with E-state index in [1.807, 2.05) is 29.0 Å². The molecule has 1 N–H and O–H groups in total. The standard InChI is InChI=1S/C19H17ClN2O3S2/c20-14-7-12(8-15-18(14)25-5-2-4-24-15)10-21-17(23)9-13-11-27-19(22-13)16-3-1-6-26-16/h1,3,6-8,11H,2,4-5,9-10H2,(H,21,23). The average Bonchev–Trinajstić information content (AvgIpc) is 3.28. The number of nitrogens with one attached hydrogen (secondary N) is 1. The van der Waals surface area contributed by atoms with E-state index in [1.165, 1.54) is 0 Å². The molecule has 0 unspecified atom stereocenters. The van der Waals surface area contributed by atoms with Gasteiger partial charge in [0.2, 0.25) is 5.91 Å². The van der Waals surface area contributed by atoms with Gasteiger partial charge in [-0.15, -0.1) is 22.7 Å². The summed E-state index contributed by atoms with van der Waals surface area (Å²) in [6.45, 7) is 1.55. The number of amides is 1. The van der Waals surface area contributed by atoms with E-state index in [4.69, 9.17) is 21.1 Å². The zero-order valence-corrected chi connectivity index (χ0v) is 16.8. The molecule has 1 amide bonds. The molecular formula is C19H17ClN2O3S2. The molecule has 1 aromatic carbocycles. The van der Waals surface area contributed by atoms with Gasteiger partial charge in [0.15, 0.2) is 11.5 Å². The lowest BCUT2D eigenvalue weighted by molar-refractivity contribution is -0.120. The molecule has 0 saturated carbocycles. The van der Waals surface area contributed by atoms with Crippen molar-refractivity contribution in [3.8, 4) is 21.4 Å². The van der Waals surface area contributed by atoms with Gasteiger partial charge in [-0.3, -0.25) is 4.79 Å². The van der Waals surface area contributed by atoms with E-state index < -0.39 is 0 Å². The largest absolute Gasteiger partial charge is 0.489 e. The zero-order valence-electron chi connectivity index (χ0n) is 14.4. The second-order valence-corrected chi connectivity index (χ2v) is 8.24. The summed E-state index contributed by atoms with van der Waals surface area (Å²) < 4.78 is 11.3. The Labute approximate surface area is 169 Å². The van der Waals surface area contributed by atoms with Crippen LogP contribution in [0.2, 0.25) is 5.02 Å². The lowest BCUT2D eigenvalue weighted by Gasteiger charge is -2.12. The van der Waals surface area contributed by atoms with E-state index in [0.29, 0.717) is 36.3 Å². The number of carbonyl (C=O) groups is 1. The lowest BCUT2D eigenvalue weighted by Crippen LogP contribution is -2.24. The van der Waals surface area contributed by atoms with Gasteiger partial charge in [0.1, 0.15) is 5.01 Å². The monoisotopic (exact) mass is 420 g/mol. The highest BCUT2D eigenvalue weighted by Gasteiger charge is 2.16. The van der Waals surface area contributed by atoms with Gasteiger partial charge in [-0.25, -0.2) is 4.98 Å². The van der Waals surface area contributed by atoms with Crippen molar-refractivity contribution in [3.05, 3.63) is 51.3 Å². The van der Waals surface area contributed by atoms with Gasteiger partial charge in [0.25, 0.3) is 0 Å². The number of aromatic nitrogens is 1. The van der Waals surface area contributed by atoms with Gasteiger partial charge >= 0.3 is 0 Å². The first-order valence-electron chi connectivity index (χ1n) is 8.52. The first-order valence-corrected chi connectivity index (χ1v) is 10.7. The number of ether oxygens (including phenoxy) is 2. The second-order valence-electron chi connectivity index (χ2n) is 6.03. The molecule has 0 spiro atoms. The summed E-state index contributed by atoms with van der Waals surface area (Å²) in [6.07, 6.45) is 1.07. The highest BCUT2D eigenvalue weighted by atomic mass is 35.5. The van der Waals surface area contributed by atoms with E-state index in [2.05, 4.69) is 10.3 Å². The second kappa shape index (κ2) is 8.29. The third kappa shape index (κ3) is 4.43. The van der Waals surface area contributed by atoms with Crippen LogP contribution >= 0.6 is 34.3 Å². The van der Waals surface area contributed by atoms with Crippen LogP contribution in [0.25, 0.3) is 9.88 Å². The molecule has 1 aliphatic rings. The van der Waals surface area contributed by atoms with Gasteiger partial charge in [0.05, 0.1) is 35.2 Å². The van der Waals surface area contributed by atoms with Crippen LogP contribution in [0.15, 0.2) is 35.0 Å². The molecule has 3 aromatic rings. The number of halogens is 1. The van der Waals surface area contributed by atoms with Gasteiger partial charge in [0, 0.05) is 18.3 Å². The SMILES string of the molecule is O=C(Cc1csc(-c2cccs2)n1)NCc1cc(Cl)c2c(c1)OCCCO2.